The molecule has 1 atom stereocenters. The molecule has 12 heteroatoms. The first kappa shape index (κ1) is 23.3. The molecule has 1 unspecified atom stereocenters. The minimum atomic E-state index is -1.97. The molecule has 0 saturated carbocycles. The van der Waals surface area contributed by atoms with E-state index in [0.717, 1.165) is 0 Å². The van der Waals surface area contributed by atoms with E-state index in [9.17, 15) is 9.59 Å². The molecule has 26 heavy (non-hydrogen) atoms. The average Bonchev–Trinajstić information content (AvgIpc) is 2.53. The number of thiocarbonyl (C=S) groups is 1. The van der Waals surface area contributed by atoms with Crippen LogP contribution in [0.25, 0.3) is 0 Å². The zero-order chi connectivity index (χ0) is 19.9. The van der Waals surface area contributed by atoms with E-state index in [4.69, 9.17) is 75.0 Å². The number of halogens is 5. The summed E-state index contributed by atoms with van der Waals surface area (Å²) in [4.78, 5) is 22.2. The Bertz CT molecular complexity index is 669. The summed E-state index contributed by atoms with van der Waals surface area (Å²) < 4.78 is 3.00. The molecule has 1 amide bonds. The molecule has 0 heterocycles. The molecule has 0 bridgehead atoms. The maximum absolute atomic E-state index is 12.0. The first-order valence-corrected chi connectivity index (χ1v) is 9.46. The van der Waals surface area contributed by atoms with Gasteiger partial charge >= 0.3 is 5.97 Å². The Morgan fingerprint density at radius 1 is 1.19 bits per heavy atom. The summed E-state index contributed by atoms with van der Waals surface area (Å²) in [5, 5.41) is 7.67. The number of hydrogen-bond acceptors (Lipinski definition) is 4. The second kappa shape index (κ2) is 10.6. The van der Waals surface area contributed by atoms with Gasteiger partial charge in [0.25, 0.3) is 5.91 Å². The van der Waals surface area contributed by atoms with E-state index in [0.29, 0.717) is 5.69 Å². The summed E-state index contributed by atoms with van der Waals surface area (Å²) in [6, 6.07) is 6.52. The molecular weight excluding hydrogens is 468 g/mol. The first-order chi connectivity index (χ1) is 12.1. The van der Waals surface area contributed by atoms with Gasteiger partial charge in [0, 0.05) is 0 Å². The van der Waals surface area contributed by atoms with E-state index in [1.807, 2.05) is 0 Å². The van der Waals surface area contributed by atoms with Gasteiger partial charge in [-0.3, -0.25) is 4.79 Å². The third-order valence-electron chi connectivity index (χ3n) is 2.76. The minimum absolute atomic E-state index is 0.0286. The fourth-order valence-corrected chi connectivity index (χ4v) is 2.35. The van der Waals surface area contributed by atoms with Crippen LogP contribution in [-0.4, -0.2) is 38.4 Å². The Labute approximate surface area is 180 Å². The largest absolute Gasteiger partial charge is 0.462 e. The fraction of sp³-hybridized carbons (Fsp3) is 0.357. The van der Waals surface area contributed by atoms with Crippen LogP contribution in [0.2, 0.25) is 0 Å². The highest BCUT2D eigenvalue weighted by Gasteiger charge is 2.35. The SMILES string of the molecule is CCOC(=O)c1ccccc1NC(=S)NC(NC(=O)C(Cl)Cl)C(Cl)(Cl)Cl. The molecule has 1 rings (SSSR count). The predicted molar refractivity (Wildman–Crippen MR) is 109 cm³/mol. The lowest BCUT2D eigenvalue weighted by Gasteiger charge is -2.28. The van der Waals surface area contributed by atoms with Gasteiger partial charge in [0.1, 0.15) is 6.17 Å². The minimum Gasteiger partial charge on any atom is -0.462 e. The van der Waals surface area contributed by atoms with Crippen LogP contribution in [0, 0.1) is 0 Å². The van der Waals surface area contributed by atoms with Crippen molar-refractivity contribution in [3.63, 3.8) is 0 Å². The maximum Gasteiger partial charge on any atom is 0.340 e. The lowest BCUT2D eigenvalue weighted by molar-refractivity contribution is -0.120. The molecule has 0 aromatic heterocycles. The number of hydrogen-bond donors (Lipinski definition) is 3. The van der Waals surface area contributed by atoms with Crippen molar-refractivity contribution in [2.45, 2.75) is 21.7 Å². The van der Waals surface area contributed by atoms with Crippen LogP contribution in [0.15, 0.2) is 24.3 Å². The molecule has 144 valence electrons. The number of amides is 1. The molecule has 0 spiro atoms. The van der Waals surface area contributed by atoms with Gasteiger partial charge in [0.15, 0.2) is 9.95 Å². The maximum atomic E-state index is 12.0. The highest BCUT2D eigenvalue weighted by atomic mass is 35.6. The van der Waals surface area contributed by atoms with Crippen LogP contribution in [-0.2, 0) is 9.53 Å². The molecule has 0 aliphatic carbocycles. The summed E-state index contributed by atoms with van der Waals surface area (Å²) in [5.41, 5.74) is 0.625. The first-order valence-electron chi connectivity index (χ1n) is 7.05. The molecule has 0 fully saturated rings. The molecule has 0 radical (unpaired) electrons. The Hall–Kier alpha value is -0.700. The van der Waals surface area contributed by atoms with E-state index >= 15 is 0 Å². The second-order valence-electron chi connectivity index (χ2n) is 4.65. The highest BCUT2D eigenvalue weighted by molar-refractivity contribution is 7.80. The standard InChI is InChI=1S/C14H14Cl5N3O3S/c1-2-25-11(24)7-5-3-4-6-8(7)20-13(26)22-12(14(17,18)19)21-10(23)9(15)16/h3-6,9,12H,2H2,1H3,(H,21,23)(H2,20,22,26). The smallest absolute Gasteiger partial charge is 0.340 e. The summed E-state index contributed by atoms with van der Waals surface area (Å²) >= 11 is 33.6. The summed E-state index contributed by atoms with van der Waals surface area (Å²) in [5.74, 6) is -1.32. The molecule has 0 aliphatic rings. The molecule has 6 nitrogen and oxygen atoms in total. The zero-order valence-electron chi connectivity index (χ0n) is 13.2. The van der Waals surface area contributed by atoms with Crippen molar-refractivity contribution in [3.8, 4) is 0 Å². The Morgan fingerprint density at radius 3 is 2.35 bits per heavy atom. The van der Waals surface area contributed by atoms with Gasteiger partial charge in [-0.05, 0) is 31.3 Å². The van der Waals surface area contributed by atoms with Gasteiger partial charge in [0.2, 0.25) is 3.79 Å². The zero-order valence-corrected chi connectivity index (χ0v) is 17.8. The normalized spacial score (nSPS) is 12.3. The van der Waals surface area contributed by atoms with Gasteiger partial charge < -0.3 is 20.7 Å². The number of nitrogens with one attached hydrogen (secondary N) is 3. The molecule has 1 aromatic rings. The van der Waals surface area contributed by atoms with Crippen LogP contribution in [0.5, 0.6) is 0 Å². The van der Waals surface area contributed by atoms with Crippen molar-refractivity contribution in [2.75, 3.05) is 11.9 Å². The van der Waals surface area contributed by atoms with Crippen molar-refractivity contribution in [2.24, 2.45) is 0 Å². The monoisotopic (exact) mass is 479 g/mol. The average molecular weight is 482 g/mol. The molecule has 0 saturated heterocycles. The van der Waals surface area contributed by atoms with Gasteiger partial charge in [-0.2, -0.15) is 0 Å². The van der Waals surface area contributed by atoms with Crippen molar-refractivity contribution in [1.82, 2.24) is 10.6 Å². The number of carbonyl (C=O) groups is 2. The molecule has 1 aromatic carbocycles. The Balaban J connectivity index is 2.89. The molecule has 3 N–H and O–H groups in total. The fourth-order valence-electron chi connectivity index (χ4n) is 1.67. The lowest BCUT2D eigenvalue weighted by atomic mass is 10.2. The van der Waals surface area contributed by atoms with Gasteiger partial charge in [-0.1, -0.05) is 70.1 Å². The summed E-state index contributed by atoms with van der Waals surface area (Å²) in [6.07, 6.45) is -1.24. The molecular formula is C14H14Cl5N3O3S. The van der Waals surface area contributed by atoms with Crippen molar-refractivity contribution < 1.29 is 14.3 Å². The second-order valence-corrected chi connectivity index (χ2v) is 8.52. The third kappa shape index (κ3) is 7.50. The van der Waals surface area contributed by atoms with Gasteiger partial charge in [0.05, 0.1) is 17.9 Å². The van der Waals surface area contributed by atoms with Crippen LogP contribution in [0.4, 0.5) is 5.69 Å². The van der Waals surface area contributed by atoms with Crippen LogP contribution in [0.3, 0.4) is 0 Å². The third-order valence-corrected chi connectivity index (χ3v) is 4.03. The van der Waals surface area contributed by atoms with Crippen molar-refractivity contribution in [3.05, 3.63) is 29.8 Å². The van der Waals surface area contributed by atoms with Crippen LogP contribution in [0.1, 0.15) is 17.3 Å². The predicted octanol–water partition coefficient (Wildman–Crippen LogP) is 3.77. The van der Waals surface area contributed by atoms with Crippen molar-refractivity contribution in [1.29, 1.82) is 0 Å². The van der Waals surface area contributed by atoms with E-state index in [-0.39, 0.29) is 17.3 Å². The Kier molecular flexibility index (Phi) is 9.50. The number of para-hydroxylation sites is 1. The number of benzene rings is 1. The highest BCUT2D eigenvalue weighted by Crippen LogP contribution is 2.29. The topological polar surface area (TPSA) is 79.5 Å². The van der Waals surface area contributed by atoms with Crippen molar-refractivity contribution >= 4 is 92.9 Å². The summed E-state index contributed by atoms with van der Waals surface area (Å²) in [6.45, 7) is 1.91. The number of alkyl halides is 5. The summed E-state index contributed by atoms with van der Waals surface area (Å²) in [7, 11) is 0. The number of ether oxygens (including phenoxy) is 1. The quantitative estimate of drug-likeness (QED) is 0.249. The number of esters is 1. The van der Waals surface area contributed by atoms with Crippen LogP contribution < -0.4 is 16.0 Å². The van der Waals surface area contributed by atoms with E-state index in [2.05, 4.69) is 16.0 Å². The number of rotatable bonds is 6. The number of carbonyl (C=O) groups excluding carboxylic acids is 2. The Morgan fingerprint density at radius 2 is 1.81 bits per heavy atom. The lowest BCUT2D eigenvalue weighted by Crippen LogP contribution is -2.57. The number of anilines is 1. The van der Waals surface area contributed by atoms with Gasteiger partial charge in [-0.25, -0.2) is 4.79 Å². The van der Waals surface area contributed by atoms with Crippen LogP contribution >= 0.6 is 70.2 Å². The van der Waals surface area contributed by atoms with E-state index < -0.39 is 26.7 Å². The molecule has 0 aliphatic heterocycles. The van der Waals surface area contributed by atoms with E-state index in [1.165, 1.54) is 0 Å². The van der Waals surface area contributed by atoms with E-state index in [1.54, 1.807) is 31.2 Å². The van der Waals surface area contributed by atoms with Gasteiger partial charge in [-0.15, -0.1) is 0 Å².